The summed E-state index contributed by atoms with van der Waals surface area (Å²) in [4.78, 5) is 2.58. The van der Waals surface area contributed by atoms with Crippen molar-refractivity contribution < 1.29 is 8.42 Å². The third-order valence-corrected chi connectivity index (χ3v) is 5.54. The van der Waals surface area contributed by atoms with Crippen molar-refractivity contribution in [2.45, 2.75) is 44.0 Å². The molecule has 0 bridgehead atoms. The van der Waals surface area contributed by atoms with Crippen LogP contribution in [0.15, 0.2) is 23.1 Å². The van der Waals surface area contributed by atoms with Crippen LogP contribution in [-0.4, -0.2) is 27.3 Å². The van der Waals surface area contributed by atoms with Crippen molar-refractivity contribution in [3.05, 3.63) is 23.8 Å². The van der Waals surface area contributed by atoms with Crippen LogP contribution in [0.2, 0.25) is 0 Å². The molecule has 0 radical (unpaired) electrons. The SMILES string of the molecule is CC1CS(=O)(=O)c2cccc(C(C)(C)C)c2N1C. The van der Waals surface area contributed by atoms with Crippen molar-refractivity contribution >= 4 is 15.5 Å². The van der Waals surface area contributed by atoms with Crippen LogP contribution in [0.3, 0.4) is 0 Å². The Kier molecular flexibility index (Phi) is 2.97. The molecule has 0 saturated carbocycles. The number of anilines is 1. The summed E-state index contributed by atoms with van der Waals surface area (Å²) in [6, 6.07) is 5.62. The van der Waals surface area contributed by atoms with E-state index in [4.69, 9.17) is 0 Å². The highest BCUT2D eigenvalue weighted by Gasteiger charge is 2.35. The molecule has 1 aromatic rings. The van der Waals surface area contributed by atoms with E-state index in [-0.39, 0.29) is 17.2 Å². The lowest BCUT2D eigenvalue weighted by Crippen LogP contribution is -2.41. The predicted octanol–water partition coefficient (Wildman–Crippen LogP) is 2.60. The second kappa shape index (κ2) is 3.98. The minimum atomic E-state index is -3.15. The Morgan fingerprint density at radius 3 is 2.44 bits per heavy atom. The highest BCUT2D eigenvalue weighted by atomic mass is 32.2. The average Bonchev–Trinajstić information content (AvgIpc) is 2.23. The van der Waals surface area contributed by atoms with Gasteiger partial charge in [0, 0.05) is 13.1 Å². The third kappa shape index (κ3) is 2.03. The quantitative estimate of drug-likeness (QED) is 0.725. The largest absolute Gasteiger partial charge is 0.370 e. The summed E-state index contributed by atoms with van der Waals surface area (Å²) in [5, 5.41) is 0. The van der Waals surface area contributed by atoms with Gasteiger partial charge in [-0.3, -0.25) is 0 Å². The average molecular weight is 267 g/mol. The van der Waals surface area contributed by atoms with Gasteiger partial charge in [-0.15, -0.1) is 0 Å². The lowest BCUT2D eigenvalue weighted by atomic mass is 9.85. The summed E-state index contributed by atoms with van der Waals surface area (Å²) < 4.78 is 24.6. The molecule has 1 heterocycles. The summed E-state index contributed by atoms with van der Waals surface area (Å²) >= 11 is 0. The molecule has 0 aliphatic carbocycles. The number of para-hydroxylation sites is 1. The molecule has 2 rings (SSSR count). The molecule has 3 nitrogen and oxygen atoms in total. The third-order valence-electron chi connectivity index (χ3n) is 3.62. The molecule has 100 valence electrons. The number of fused-ring (bicyclic) bond motifs is 1. The number of nitrogens with zero attached hydrogens (tertiary/aromatic N) is 1. The van der Waals surface area contributed by atoms with E-state index >= 15 is 0 Å². The van der Waals surface area contributed by atoms with Gasteiger partial charge in [0.2, 0.25) is 0 Å². The summed E-state index contributed by atoms with van der Waals surface area (Å²) in [7, 11) is -1.17. The zero-order valence-corrected chi connectivity index (χ0v) is 12.5. The standard InChI is InChI=1S/C14H21NO2S/c1-10-9-18(16,17)12-8-6-7-11(14(2,3)4)13(12)15(10)5/h6-8,10H,9H2,1-5H3. The van der Waals surface area contributed by atoms with Gasteiger partial charge in [-0.1, -0.05) is 32.9 Å². The fourth-order valence-corrected chi connectivity index (χ4v) is 4.35. The van der Waals surface area contributed by atoms with Gasteiger partial charge in [-0.25, -0.2) is 8.42 Å². The number of hydrogen-bond donors (Lipinski definition) is 0. The molecule has 0 saturated heterocycles. The van der Waals surface area contributed by atoms with E-state index in [9.17, 15) is 8.42 Å². The van der Waals surface area contributed by atoms with Crippen LogP contribution >= 0.6 is 0 Å². The minimum absolute atomic E-state index is 0.0194. The molecular formula is C14H21NO2S. The van der Waals surface area contributed by atoms with Crippen LogP contribution in [0.25, 0.3) is 0 Å². The minimum Gasteiger partial charge on any atom is -0.370 e. The molecule has 4 heteroatoms. The van der Waals surface area contributed by atoms with E-state index in [1.165, 1.54) is 0 Å². The molecule has 0 N–H and O–H groups in total. The van der Waals surface area contributed by atoms with Crippen LogP contribution < -0.4 is 4.90 Å². The zero-order valence-electron chi connectivity index (χ0n) is 11.7. The van der Waals surface area contributed by atoms with Gasteiger partial charge in [0.15, 0.2) is 9.84 Å². The molecule has 1 atom stereocenters. The van der Waals surface area contributed by atoms with Crippen molar-refractivity contribution in [3.63, 3.8) is 0 Å². The second-order valence-corrected chi connectivity index (χ2v) is 8.15. The van der Waals surface area contributed by atoms with Crippen molar-refractivity contribution in [2.24, 2.45) is 0 Å². The predicted molar refractivity (Wildman–Crippen MR) is 75.1 cm³/mol. The van der Waals surface area contributed by atoms with Gasteiger partial charge in [0.25, 0.3) is 0 Å². The van der Waals surface area contributed by atoms with Gasteiger partial charge < -0.3 is 4.90 Å². The Balaban J connectivity index is 2.79. The molecule has 18 heavy (non-hydrogen) atoms. The van der Waals surface area contributed by atoms with Crippen molar-refractivity contribution in [3.8, 4) is 0 Å². The zero-order chi connectivity index (χ0) is 13.7. The highest BCUT2D eigenvalue weighted by molar-refractivity contribution is 7.91. The van der Waals surface area contributed by atoms with E-state index < -0.39 is 9.84 Å². The first kappa shape index (κ1) is 13.4. The van der Waals surface area contributed by atoms with Crippen molar-refractivity contribution in [2.75, 3.05) is 17.7 Å². The molecule has 0 amide bonds. The number of rotatable bonds is 0. The first-order valence-electron chi connectivity index (χ1n) is 6.23. The summed E-state index contributed by atoms with van der Waals surface area (Å²) in [5.41, 5.74) is 1.91. The lowest BCUT2D eigenvalue weighted by Gasteiger charge is -2.37. The van der Waals surface area contributed by atoms with Gasteiger partial charge in [0.05, 0.1) is 16.3 Å². The van der Waals surface area contributed by atoms with Crippen molar-refractivity contribution in [1.82, 2.24) is 0 Å². The first-order valence-corrected chi connectivity index (χ1v) is 7.89. The van der Waals surface area contributed by atoms with Gasteiger partial charge in [0.1, 0.15) is 0 Å². The van der Waals surface area contributed by atoms with E-state index in [2.05, 4.69) is 25.7 Å². The lowest BCUT2D eigenvalue weighted by molar-refractivity contribution is 0.564. The monoisotopic (exact) mass is 267 g/mol. The first-order chi connectivity index (χ1) is 8.14. The number of benzene rings is 1. The molecule has 0 fully saturated rings. The molecule has 1 aliphatic rings. The van der Waals surface area contributed by atoms with Gasteiger partial charge in [-0.05, 0) is 24.0 Å². The second-order valence-electron chi connectivity index (χ2n) is 6.14. The van der Waals surface area contributed by atoms with Crippen LogP contribution in [0.4, 0.5) is 5.69 Å². The number of hydrogen-bond acceptors (Lipinski definition) is 3. The Morgan fingerprint density at radius 2 is 1.89 bits per heavy atom. The summed E-state index contributed by atoms with van der Waals surface area (Å²) in [5.74, 6) is 0.199. The highest BCUT2D eigenvalue weighted by Crippen LogP contribution is 2.40. The fourth-order valence-electron chi connectivity index (χ4n) is 2.48. The van der Waals surface area contributed by atoms with Crippen molar-refractivity contribution in [1.29, 1.82) is 0 Å². The fraction of sp³-hybridized carbons (Fsp3) is 0.571. The molecule has 1 aromatic carbocycles. The maximum Gasteiger partial charge on any atom is 0.182 e. The Hall–Kier alpha value is -1.03. The van der Waals surface area contributed by atoms with E-state index in [0.717, 1.165) is 11.3 Å². The molecule has 1 unspecified atom stereocenters. The van der Waals surface area contributed by atoms with E-state index in [1.807, 2.05) is 26.1 Å². The van der Waals surface area contributed by atoms with Gasteiger partial charge in [-0.2, -0.15) is 0 Å². The Labute approximate surface area is 110 Å². The van der Waals surface area contributed by atoms with Crippen LogP contribution in [0.1, 0.15) is 33.3 Å². The van der Waals surface area contributed by atoms with Crippen LogP contribution in [-0.2, 0) is 15.3 Å². The van der Waals surface area contributed by atoms with E-state index in [1.54, 1.807) is 6.07 Å². The number of sulfone groups is 1. The molecular weight excluding hydrogens is 246 g/mol. The molecule has 1 aliphatic heterocycles. The molecule has 0 spiro atoms. The van der Waals surface area contributed by atoms with Crippen LogP contribution in [0.5, 0.6) is 0 Å². The topological polar surface area (TPSA) is 37.4 Å². The molecule has 0 aromatic heterocycles. The summed E-state index contributed by atoms with van der Waals surface area (Å²) in [6.45, 7) is 8.30. The Bertz CT molecular complexity index is 570. The van der Waals surface area contributed by atoms with Gasteiger partial charge >= 0.3 is 0 Å². The summed E-state index contributed by atoms with van der Waals surface area (Å²) in [6.07, 6.45) is 0. The maximum atomic E-state index is 12.3. The Morgan fingerprint density at radius 1 is 1.28 bits per heavy atom. The van der Waals surface area contributed by atoms with Crippen LogP contribution in [0, 0.1) is 0 Å². The maximum absolute atomic E-state index is 12.3. The normalized spacial score (nSPS) is 22.7. The smallest absolute Gasteiger partial charge is 0.182 e. The van der Waals surface area contributed by atoms with E-state index in [0.29, 0.717) is 4.90 Å².